The summed E-state index contributed by atoms with van der Waals surface area (Å²) in [7, 11) is 1.35. The Kier molecular flexibility index (Phi) is 6.85. The Morgan fingerprint density at radius 2 is 1.71 bits per heavy atom. The number of carboxylic acids is 1. The van der Waals surface area contributed by atoms with Crippen molar-refractivity contribution in [2.75, 3.05) is 26.9 Å². The van der Waals surface area contributed by atoms with Gasteiger partial charge >= 0.3 is 12.1 Å². The molecule has 2 aliphatic rings. The van der Waals surface area contributed by atoms with E-state index in [1.807, 2.05) is 36.4 Å². The van der Waals surface area contributed by atoms with Gasteiger partial charge in [-0.15, -0.1) is 0 Å². The molecule has 3 atom stereocenters. The van der Waals surface area contributed by atoms with Crippen LogP contribution in [0.1, 0.15) is 30.4 Å². The molecule has 1 unspecified atom stereocenters. The van der Waals surface area contributed by atoms with Gasteiger partial charge < -0.3 is 30.0 Å². The third-order valence-electron chi connectivity index (χ3n) is 6.30. The first-order valence-corrected chi connectivity index (χ1v) is 11.1. The molecule has 0 spiro atoms. The lowest BCUT2D eigenvalue weighted by atomic mass is 9.98. The lowest BCUT2D eigenvalue weighted by Gasteiger charge is -2.28. The quantitative estimate of drug-likeness (QED) is 0.543. The zero-order chi connectivity index (χ0) is 24.3. The van der Waals surface area contributed by atoms with Gasteiger partial charge in [-0.25, -0.2) is 9.59 Å². The lowest BCUT2D eigenvalue weighted by Crippen LogP contribution is -2.59. The number of methoxy groups -OCH3 is 1. The summed E-state index contributed by atoms with van der Waals surface area (Å²) in [6.45, 7) is 1.53. The summed E-state index contributed by atoms with van der Waals surface area (Å²) < 4.78 is 16.0. The van der Waals surface area contributed by atoms with Crippen molar-refractivity contribution in [1.29, 1.82) is 0 Å². The average molecular weight is 469 g/mol. The highest BCUT2D eigenvalue weighted by Crippen LogP contribution is 2.44. The number of hydrogen-bond acceptors (Lipinski definition) is 6. The van der Waals surface area contributed by atoms with Crippen LogP contribution in [0.3, 0.4) is 0 Å². The first-order chi connectivity index (χ1) is 16.3. The Balaban J connectivity index is 1.38. The number of carbonyl (C=O) groups is 3. The minimum atomic E-state index is -1.62. The van der Waals surface area contributed by atoms with Crippen molar-refractivity contribution in [1.82, 2.24) is 10.6 Å². The molecule has 2 amide bonds. The van der Waals surface area contributed by atoms with Crippen molar-refractivity contribution in [3.05, 3.63) is 59.7 Å². The van der Waals surface area contributed by atoms with E-state index in [1.54, 1.807) is 0 Å². The van der Waals surface area contributed by atoms with Crippen LogP contribution in [0.5, 0.6) is 0 Å². The molecule has 1 heterocycles. The second kappa shape index (κ2) is 9.82. The van der Waals surface area contributed by atoms with E-state index in [-0.39, 0.29) is 25.7 Å². The van der Waals surface area contributed by atoms with Gasteiger partial charge in [0.25, 0.3) is 5.91 Å². The molecule has 1 saturated heterocycles. The van der Waals surface area contributed by atoms with Crippen LogP contribution in [0.2, 0.25) is 0 Å². The number of fused-ring (bicyclic) bond motifs is 3. The minimum Gasteiger partial charge on any atom is -0.479 e. The van der Waals surface area contributed by atoms with Gasteiger partial charge in [0.2, 0.25) is 0 Å². The van der Waals surface area contributed by atoms with Gasteiger partial charge in [0.05, 0.1) is 12.6 Å². The van der Waals surface area contributed by atoms with Crippen LogP contribution >= 0.6 is 0 Å². The van der Waals surface area contributed by atoms with Crippen LogP contribution in [0, 0.1) is 0 Å². The number of carbonyl (C=O) groups excluding carboxylic acids is 2. The summed E-state index contributed by atoms with van der Waals surface area (Å²) >= 11 is 0. The summed E-state index contributed by atoms with van der Waals surface area (Å²) in [6, 6.07) is 15.4. The fraction of sp³-hybridized carbons (Fsp3) is 0.400. The molecule has 1 fully saturated rings. The molecule has 2 aromatic carbocycles. The largest absolute Gasteiger partial charge is 0.479 e. The maximum absolute atomic E-state index is 12.7. The van der Waals surface area contributed by atoms with Crippen molar-refractivity contribution < 1.29 is 33.7 Å². The van der Waals surface area contributed by atoms with Gasteiger partial charge in [-0.2, -0.15) is 0 Å². The van der Waals surface area contributed by atoms with Crippen LogP contribution < -0.4 is 10.6 Å². The van der Waals surface area contributed by atoms with E-state index in [9.17, 15) is 19.5 Å². The van der Waals surface area contributed by atoms with E-state index in [4.69, 9.17) is 14.2 Å². The zero-order valence-electron chi connectivity index (χ0n) is 19.1. The Hall–Kier alpha value is -3.43. The number of benzene rings is 2. The van der Waals surface area contributed by atoms with E-state index in [0.29, 0.717) is 6.42 Å². The second-order valence-electron chi connectivity index (χ2n) is 8.72. The highest BCUT2D eigenvalue weighted by atomic mass is 16.6. The van der Waals surface area contributed by atoms with Crippen molar-refractivity contribution in [2.24, 2.45) is 0 Å². The summed E-state index contributed by atoms with van der Waals surface area (Å²) in [5, 5.41) is 14.6. The van der Waals surface area contributed by atoms with Gasteiger partial charge in [-0.1, -0.05) is 48.5 Å². The summed E-state index contributed by atoms with van der Waals surface area (Å²) in [4.78, 5) is 36.9. The Bertz CT molecular complexity index is 1040. The monoisotopic (exact) mass is 468 g/mol. The lowest BCUT2D eigenvalue weighted by molar-refractivity contribution is -0.151. The van der Waals surface area contributed by atoms with E-state index >= 15 is 0 Å². The standard InChI is InChI=1S/C25H28N2O7/c1-25(14-32-2,23(29)30)27-22(28)21-20(11-12-33-21)26-24(31)34-13-19-17-9-5-3-7-15(17)16-8-4-6-10-18(16)19/h3-10,19-21H,11-14H2,1-2H3,(H,26,31)(H,27,28)(H,29,30)/t20-,21+,25?/m0/s1. The maximum atomic E-state index is 12.7. The smallest absolute Gasteiger partial charge is 0.407 e. The summed E-state index contributed by atoms with van der Waals surface area (Å²) in [5.74, 6) is -1.95. The minimum absolute atomic E-state index is 0.0811. The molecule has 0 aromatic heterocycles. The highest BCUT2D eigenvalue weighted by molar-refractivity contribution is 5.90. The molecular formula is C25H28N2O7. The molecule has 0 saturated carbocycles. The normalized spacial score (nSPS) is 20.6. The molecule has 3 N–H and O–H groups in total. The first-order valence-electron chi connectivity index (χ1n) is 11.1. The Morgan fingerprint density at radius 1 is 1.09 bits per heavy atom. The zero-order valence-corrected chi connectivity index (χ0v) is 19.1. The molecule has 9 nitrogen and oxygen atoms in total. The fourth-order valence-electron chi connectivity index (χ4n) is 4.57. The number of hydrogen-bond donors (Lipinski definition) is 3. The van der Waals surface area contributed by atoms with Gasteiger partial charge in [0.15, 0.2) is 11.6 Å². The van der Waals surface area contributed by atoms with E-state index in [1.165, 1.54) is 14.0 Å². The van der Waals surface area contributed by atoms with Crippen LogP contribution in [0.4, 0.5) is 4.79 Å². The summed E-state index contributed by atoms with van der Waals surface area (Å²) in [5.41, 5.74) is 2.84. The van der Waals surface area contributed by atoms with Crippen molar-refractivity contribution in [3.8, 4) is 11.1 Å². The number of aliphatic carboxylic acids is 1. The van der Waals surface area contributed by atoms with E-state index < -0.39 is 35.7 Å². The maximum Gasteiger partial charge on any atom is 0.407 e. The Morgan fingerprint density at radius 3 is 2.29 bits per heavy atom. The van der Waals surface area contributed by atoms with Crippen LogP contribution in [-0.4, -0.2) is 67.7 Å². The topological polar surface area (TPSA) is 123 Å². The fourth-order valence-corrected chi connectivity index (χ4v) is 4.57. The van der Waals surface area contributed by atoms with E-state index in [2.05, 4.69) is 22.8 Å². The molecular weight excluding hydrogens is 440 g/mol. The Labute approximate surface area is 197 Å². The number of carboxylic acid groups (broad SMARTS) is 1. The van der Waals surface area contributed by atoms with Crippen molar-refractivity contribution in [3.63, 3.8) is 0 Å². The summed E-state index contributed by atoms with van der Waals surface area (Å²) in [6.07, 6.45) is -1.29. The SMILES string of the molecule is COCC(C)(NC(=O)[C@@H]1OCC[C@@H]1NC(=O)OCC1c2ccccc2-c2ccccc21)C(=O)O. The molecule has 180 valence electrons. The molecule has 1 aliphatic carbocycles. The number of alkyl carbamates (subject to hydrolysis) is 1. The molecule has 34 heavy (non-hydrogen) atoms. The van der Waals surface area contributed by atoms with E-state index in [0.717, 1.165) is 22.3 Å². The molecule has 2 aromatic rings. The molecule has 0 bridgehead atoms. The average Bonchev–Trinajstić information content (AvgIpc) is 3.40. The third kappa shape index (κ3) is 4.62. The number of rotatable bonds is 8. The van der Waals surface area contributed by atoms with Gasteiger partial charge in [-0.05, 0) is 35.6 Å². The predicted octanol–water partition coefficient (Wildman–Crippen LogP) is 2.29. The number of nitrogens with one attached hydrogen (secondary N) is 2. The third-order valence-corrected chi connectivity index (χ3v) is 6.30. The van der Waals surface area contributed by atoms with Crippen LogP contribution in [-0.2, 0) is 23.8 Å². The van der Waals surface area contributed by atoms with Crippen LogP contribution in [0.25, 0.3) is 11.1 Å². The first kappa shape index (κ1) is 23.7. The highest BCUT2D eigenvalue weighted by Gasteiger charge is 2.42. The number of amides is 2. The number of ether oxygens (including phenoxy) is 3. The molecule has 0 radical (unpaired) electrons. The van der Waals surface area contributed by atoms with Gasteiger partial charge in [0.1, 0.15) is 6.61 Å². The second-order valence-corrected chi connectivity index (χ2v) is 8.72. The van der Waals surface area contributed by atoms with Gasteiger partial charge in [-0.3, -0.25) is 4.79 Å². The van der Waals surface area contributed by atoms with Crippen molar-refractivity contribution in [2.45, 2.75) is 36.9 Å². The molecule has 9 heteroatoms. The molecule has 1 aliphatic heterocycles. The van der Waals surface area contributed by atoms with Gasteiger partial charge in [0, 0.05) is 19.6 Å². The molecule has 4 rings (SSSR count). The van der Waals surface area contributed by atoms with Crippen molar-refractivity contribution >= 4 is 18.0 Å². The predicted molar refractivity (Wildman–Crippen MR) is 122 cm³/mol. The van der Waals surface area contributed by atoms with Crippen LogP contribution in [0.15, 0.2) is 48.5 Å².